The molecule has 0 aliphatic rings. The molecular weight excluding hydrogens is 234 g/mol. The van der Waals surface area contributed by atoms with Gasteiger partial charge in [-0.05, 0) is 31.3 Å². The number of hydrogen-bond donors (Lipinski definition) is 2. The fourth-order valence-electron chi connectivity index (χ4n) is 1.65. The van der Waals surface area contributed by atoms with Crippen LogP contribution in [-0.2, 0) is 0 Å². The molecule has 4 nitrogen and oxygen atoms in total. The van der Waals surface area contributed by atoms with Crippen LogP contribution in [0.3, 0.4) is 0 Å². The number of H-pyrrole nitrogens is 1. The van der Waals surface area contributed by atoms with Crippen LogP contribution in [0.4, 0.5) is 5.82 Å². The number of benzene rings is 1. The largest absolute Gasteiger partial charge is 0.496 e. The normalized spacial score (nSPS) is 10.2. The van der Waals surface area contributed by atoms with Crippen molar-refractivity contribution in [3.63, 3.8) is 0 Å². The molecule has 0 aliphatic carbocycles. The summed E-state index contributed by atoms with van der Waals surface area (Å²) in [5, 5.41) is 0. The van der Waals surface area contributed by atoms with Gasteiger partial charge in [0, 0.05) is 11.6 Å². The van der Waals surface area contributed by atoms with Gasteiger partial charge in [-0.1, -0.05) is 11.6 Å². The van der Waals surface area contributed by atoms with Crippen molar-refractivity contribution in [2.24, 2.45) is 0 Å². The predicted octanol–water partition coefficient (Wildman–Crippen LogP) is 2.71. The number of ether oxygens (including phenoxy) is 1. The van der Waals surface area contributed by atoms with Gasteiger partial charge in [0.25, 0.3) is 0 Å². The lowest BCUT2D eigenvalue weighted by Gasteiger charge is -2.09. The van der Waals surface area contributed by atoms with Gasteiger partial charge in [-0.2, -0.15) is 0 Å². The Morgan fingerprint density at radius 3 is 2.76 bits per heavy atom. The van der Waals surface area contributed by atoms with Gasteiger partial charge in [-0.3, -0.25) is 0 Å². The molecule has 88 valence electrons. The molecule has 1 aromatic carbocycles. The van der Waals surface area contributed by atoms with E-state index in [1.807, 2.05) is 25.1 Å². The average molecular weight is 247 g/mol. The number of nitrogens with one attached hydrogen (secondary N) is 1. The van der Waals surface area contributed by atoms with E-state index < -0.39 is 0 Å². The average Bonchev–Trinajstić information content (AvgIpc) is 2.27. The van der Waals surface area contributed by atoms with Crippen molar-refractivity contribution in [1.82, 2.24) is 9.97 Å². The predicted molar refractivity (Wildman–Crippen MR) is 70.6 cm³/mol. The Morgan fingerprint density at radius 1 is 1.35 bits per heavy atom. The summed E-state index contributed by atoms with van der Waals surface area (Å²) in [5.41, 5.74) is 8.55. The monoisotopic (exact) mass is 247 g/mol. The lowest BCUT2D eigenvalue weighted by Crippen LogP contribution is -1.96. The van der Waals surface area contributed by atoms with Gasteiger partial charge in [0.1, 0.15) is 11.6 Å². The van der Waals surface area contributed by atoms with Gasteiger partial charge in [0.15, 0.2) is 4.77 Å². The van der Waals surface area contributed by atoms with Gasteiger partial charge < -0.3 is 15.5 Å². The second kappa shape index (κ2) is 4.55. The van der Waals surface area contributed by atoms with Crippen LogP contribution in [0.25, 0.3) is 11.3 Å². The van der Waals surface area contributed by atoms with E-state index in [-0.39, 0.29) is 0 Å². The molecule has 0 radical (unpaired) electrons. The van der Waals surface area contributed by atoms with Gasteiger partial charge in [-0.25, -0.2) is 4.98 Å². The third-order valence-electron chi connectivity index (χ3n) is 2.41. The highest BCUT2D eigenvalue weighted by Crippen LogP contribution is 2.29. The number of methoxy groups -OCH3 is 1. The molecule has 1 heterocycles. The van der Waals surface area contributed by atoms with E-state index in [1.165, 1.54) is 0 Å². The molecule has 2 aromatic rings. The molecule has 0 fully saturated rings. The van der Waals surface area contributed by atoms with E-state index in [4.69, 9.17) is 22.7 Å². The first-order valence-corrected chi connectivity index (χ1v) is 5.53. The van der Waals surface area contributed by atoms with Crippen LogP contribution >= 0.6 is 12.2 Å². The summed E-state index contributed by atoms with van der Waals surface area (Å²) >= 11 is 5.01. The topological polar surface area (TPSA) is 63.9 Å². The summed E-state index contributed by atoms with van der Waals surface area (Å²) in [6, 6.07) is 7.66. The van der Waals surface area contributed by atoms with E-state index in [9.17, 15) is 0 Å². The molecule has 17 heavy (non-hydrogen) atoms. The number of aromatic nitrogens is 2. The van der Waals surface area contributed by atoms with Gasteiger partial charge in [0.05, 0.1) is 12.8 Å². The van der Waals surface area contributed by atoms with Crippen LogP contribution in [0.15, 0.2) is 24.3 Å². The lowest BCUT2D eigenvalue weighted by atomic mass is 10.1. The summed E-state index contributed by atoms with van der Waals surface area (Å²) in [6.45, 7) is 2.02. The summed E-state index contributed by atoms with van der Waals surface area (Å²) in [6.07, 6.45) is 0. The summed E-state index contributed by atoms with van der Waals surface area (Å²) in [4.78, 5) is 6.94. The summed E-state index contributed by atoms with van der Waals surface area (Å²) in [7, 11) is 1.63. The minimum Gasteiger partial charge on any atom is -0.496 e. The summed E-state index contributed by atoms with van der Waals surface area (Å²) in [5.74, 6) is 1.17. The fraction of sp³-hybridized carbons (Fsp3) is 0.167. The van der Waals surface area contributed by atoms with Crippen molar-refractivity contribution in [3.8, 4) is 17.0 Å². The third kappa shape index (κ3) is 2.45. The van der Waals surface area contributed by atoms with Crippen molar-refractivity contribution >= 4 is 18.0 Å². The number of nitrogens with zero attached hydrogens (tertiary/aromatic N) is 1. The molecule has 0 saturated heterocycles. The Balaban J connectivity index is 2.66. The maximum absolute atomic E-state index is 5.69. The molecule has 0 aliphatic heterocycles. The Hall–Kier alpha value is -1.88. The van der Waals surface area contributed by atoms with E-state index >= 15 is 0 Å². The van der Waals surface area contributed by atoms with Crippen molar-refractivity contribution in [2.45, 2.75) is 6.92 Å². The van der Waals surface area contributed by atoms with E-state index in [2.05, 4.69) is 9.97 Å². The first-order chi connectivity index (χ1) is 8.10. The Morgan fingerprint density at radius 2 is 2.12 bits per heavy atom. The molecule has 5 heteroatoms. The second-order valence-corrected chi connectivity index (χ2v) is 4.12. The first kappa shape index (κ1) is 11.6. The lowest BCUT2D eigenvalue weighted by molar-refractivity contribution is 0.416. The molecule has 0 atom stereocenters. The van der Waals surface area contributed by atoms with Gasteiger partial charge in [-0.15, -0.1) is 0 Å². The maximum atomic E-state index is 5.69. The van der Waals surface area contributed by atoms with Gasteiger partial charge >= 0.3 is 0 Å². The van der Waals surface area contributed by atoms with E-state index in [1.54, 1.807) is 13.2 Å². The van der Waals surface area contributed by atoms with Crippen LogP contribution in [0.2, 0.25) is 0 Å². The van der Waals surface area contributed by atoms with Crippen molar-refractivity contribution in [3.05, 3.63) is 34.6 Å². The zero-order chi connectivity index (χ0) is 12.4. The highest BCUT2D eigenvalue weighted by molar-refractivity contribution is 7.71. The number of nitrogen functional groups attached to an aromatic ring is 1. The molecule has 1 aromatic heterocycles. The van der Waals surface area contributed by atoms with Crippen LogP contribution in [0.5, 0.6) is 5.75 Å². The number of aryl methyl sites for hydroxylation is 1. The fourth-order valence-corrected chi connectivity index (χ4v) is 1.87. The van der Waals surface area contributed by atoms with Crippen LogP contribution < -0.4 is 10.5 Å². The highest BCUT2D eigenvalue weighted by Gasteiger charge is 2.07. The Labute approximate surface area is 104 Å². The van der Waals surface area contributed by atoms with Crippen LogP contribution in [0, 0.1) is 11.7 Å². The third-order valence-corrected chi connectivity index (χ3v) is 2.60. The van der Waals surface area contributed by atoms with E-state index in [0.29, 0.717) is 10.6 Å². The molecule has 0 saturated carbocycles. The molecule has 0 unspecified atom stereocenters. The zero-order valence-corrected chi connectivity index (χ0v) is 10.5. The van der Waals surface area contributed by atoms with Crippen molar-refractivity contribution in [1.29, 1.82) is 0 Å². The van der Waals surface area contributed by atoms with E-state index in [0.717, 1.165) is 22.6 Å². The van der Waals surface area contributed by atoms with Crippen molar-refractivity contribution < 1.29 is 4.74 Å². The number of rotatable bonds is 2. The van der Waals surface area contributed by atoms with Crippen LogP contribution in [-0.4, -0.2) is 17.1 Å². The molecule has 0 bridgehead atoms. The number of nitrogens with two attached hydrogens (primary N) is 1. The molecular formula is C12H13N3OS. The molecule has 3 N–H and O–H groups in total. The molecule has 0 spiro atoms. The smallest absolute Gasteiger partial charge is 0.199 e. The Kier molecular flexibility index (Phi) is 3.10. The molecule has 0 amide bonds. The summed E-state index contributed by atoms with van der Waals surface area (Å²) < 4.78 is 5.68. The number of aromatic amines is 1. The minimum atomic E-state index is 0.364. The maximum Gasteiger partial charge on any atom is 0.199 e. The number of anilines is 1. The van der Waals surface area contributed by atoms with Crippen LogP contribution in [0.1, 0.15) is 5.56 Å². The quantitative estimate of drug-likeness (QED) is 0.801. The molecule has 2 rings (SSSR count). The minimum absolute atomic E-state index is 0.364. The zero-order valence-electron chi connectivity index (χ0n) is 9.65. The van der Waals surface area contributed by atoms with Crippen molar-refractivity contribution in [2.75, 3.05) is 12.8 Å². The number of hydrogen-bond acceptors (Lipinski definition) is 4. The standard InChI is InChI=1S/C12H13N3OS/c1-7-3-4-10(16-2)8(5-7)9-6-11(13)15-12(17)14-9/h3-6H,1-2H3,(H3,13,14,15,17). The Bertz CT molecular complexity index is 607. The second-order valence-electron chi connectivity index (χ2n) is 3.73. The SMILES string of the molecule is COc1ccc(C)cc1-c1cc(N)nc(=S)[nH]1. The van der Waals surface area contributed by atoms with Gasteiger partial charge in [0.2, 0.25) is 0 Å². The highest BCUT2D eigenvalue weighted by atomic mass is 32.1. The first-order valence-electron chi connectivity index (χ1n) is 5.12.